The Morgan fingerprint density at radius 3 is 2.91 bits per heavy atom. The van der Waals surface area contributed by atoms with Crippen LogP contribution in [0.15, 0.2) is 17.0 Å². The van der Waals surface area contributed by atoms with E-state index < -0.39 is 23.5 Å². The largest absolute Gasteiger partial charge is 0.452 e. The predicted octanol–water partition coefficient (Wildman–Crippen LogP) is 2.08. The summed E-state index contributed by atoms with van der Waals surface area (Å²) in [4.78, 5) is 23.8. The number of oxazole rings is 1. The number of aryl methyl sites for hydroxylation is 2. The summed E-state index contributed by atoms with van der Waals surface area (Å²) in [6.07, 6.45) is -0.755. The standard InChI is InChI=1S/C14H13F3N4O2/c1-7-18-5-8-4-9(2-3-10(8)20-7)21-13(22)11-12(14(15,16)17)23-6-19-11/h5-6,9H,2-4H2,1H3,(H,21,22). The lowest BCUT2D eigenvalue weighted by Gasteiger charge is -2.24. The zero-order valence-electron chi connectivity index (χ0n) is 12.1. The Hall–Kier alpha value is -2.45. The molecule has 9 heteroatoms. The van der Waals surface area contributed by atoms with E-state index in [1.165, 1.54) is 0 Å². The molecule has 2 aromatic heterocycles. The summed E-state index contributed by atoms with van der Waals surface area (Å²) in [5.74, 6) is -1.61. The van der Waals surface area contributed by atoms with E-state index in [0.29, 0.717) is 31.5 Å². The molecule has 0 saturated carbocycles. The van der Waals surface area contributed by atoms with E-state index in [1.807, 2.05) is 0 Å². The van der Waals surface area contributed by atoms with Gasteiger partial charge in [-0.15, -0.1) is 0 Å². The highest BCUT2D eigenvalue weighted by Crippen LogP contribution is 2.31. The quantitative estimate of drug-likeness (QED) is 0.914. The molecule has 0 radical (unpaired) electrons. The minimum absolute atomic E-state index is 0.293. The number of alkyl halides is 3. The van der Waals surface area contributed by atoms with Crippen LogP contribution in [0.5, 0.6) is 0 Å². The van der Waals surface area contributed by atoms with Crippen LogP contribution in [-0.4, -0.2) is 26.9 Å². The van der Waals surface area contributed by atoms with Crippen LogP contribution < -0.4 is 5.32 Å². The number of carbonyl (C=O) groups excluding carboxylic acids is 1. The van der Waals surface area contributed by atoms with Crippen molar-refractivity contribution in [2.75, 3.05) is 0 Å². The summed E-state index contributed by atoms with van der Waals surface area (Å²) in [7, 11) is 0. The Balaban J connectivity index is 1.73. The molecule has 0 aliphatic heterocycles. The first-order valence-corrected chi connectivity index (χ1v) is 6.97. The van der Waals surface area contributed by atoms with Crippen molar-refractivity contribution in [1.29, 1.82) is 0 Å². The first-order valence-electron chi connectivity index (χ1n) is 6.97. The highest BCUT2D eigenvalue weighted by Gasteiger charge is 2.41. The van der Waals surface area contributed by atoms with Crippen molar-refractivity contribution < 1.29 is 22.4 Å². The lowest BCUT2D eigenvalue weighted by Crippen LogP contribution is -2.40. The minimum Gasteiger partial charge on any atom is -0.438 e. The van der Waals surface area contributed by atoms with Crippen molar-refractivity contribution in [3.63, 3.8) is 0 Å². The van der Waals surface area contributed by atoms with Crippen molar-refractivity contribution in [2.24, 2.45) is 0 Å². The molecule has 0 aromatic carbocycles. The number of hydrogen-bond donors (Lipinski definition) is 1. The zero-order chi connectivity index (χ0) is 16.6. The number of amides is 1. The second-order valence-electron chi connectivity index (χ2n) is 5.33. The van der Waals surface area contributed by atoms with Gasteiger partial charge in [-0.2, -0.15) is 13.2 Å². The lowest BCUT2D eigenvalue weighted by atomic mass is 9.92. The van der Waals surface area contributed by atoms with Gasteiger partial charge in [0.05, 0.1) is 0 Å². The van der Waals surface area contributed by atoms with Crippen molar-refractivity contribution in [1.82, 2.24) is 20.3 Å². The van der Waals surface area contributed by atoms with E-state index >= 15 is 0 Å². The van der Waals surface area contributed by atoms with Crippen molar-refractivity contribution in [3.05, 3.63) is 41.1 Å². The maximum Gasteiger partial charge on any atom is 0.452 e. The molecule has 2 heterocycles. The smallest absolute Gasteiger partial charge is 0.438 e. The van der Waals surface area contributed by atoms with E-state index in [0.717, 1.165) is 11.3 Å². The molecule has 3 rings (SSSR count). The van der Waals surface area contributed by atoms with Crippen LogP contribution in [0.4, 0.5) is 13.2 Å². The number of aromatic nitrogens is 3. The van der Waals surface area contributed by atoms with Crippen LogP contribution >= 0.6 is 0 Å². The van der Waals surface area contributed by atoms with Gasteiger partial charge in [0, 0.05) is 17.9 Å². The van der Waals surface area contributed by atoms with Crippen molar-refractivity contribution in [3.8, 4) is 0 Å². The Morgan fingerprint density at radius 2 is 2.17 bits per heavy atom. The fourth-order valence-electron chi connectivity index (χ4n) is 2.59. The first kappa shape index (κ1) is 15.4. The molecular weight excluding hydrogens is 313 g/mol. The van der Waals surface area contributed by atoms with Crippen LogP contribution in [-0.2, 0) is 19.0 Å². The first-order chi connectivity index (χ1) is 10.8. The minimum atomic E-state index is -4.76. The lowest BCUT2D eigenvalue weighted by molar-refractivity contribution is -0.153. The molecule has 2 aromatic rings. The summed E-state index contributed by atoms with van der Waals surface area (Å²) < 4.78 is 42.5. The topological polar surface area (TPSA) is 80.9 Å². The van der Waals surface area contributed by atoms with Crippen LogP contribution in [0.2, 0.25) is 0 Å². The van der Waals surface area contributed by atoms with Crippen LogP contribution in [0.3, 0.4) is 0 Å². The molecule has 1 unspecified atom stereocenters. The highest BCUT2D eigenvalue weighted by atomic mass is 19.4. The zero-order valence-corrected chi connectivity index (χ0v) is 12.1. The fraction of sp³-hybridized carbons (Fsp3) is 0.429. The van der Waals surface area contributed by atoms with Crippen LogP contribution in [0, 0.1) is 6.92 Å². The molecule has 1 N–H and O–H groups in total. The Morgan fingerprint density at radius 1 is 1.39 bits per heavy atom. The van der Waals surface area contributed by atoms with Gasteiger partial charge < -0.3 is 9.73 Å². The van der Waals surface area contributed by atoms with Gasteiger partial charge in [-0.3, -0.25) is 4.79 Å². The van der Waals surface area contributed by atoms with Gasteiger partial charge in [0.1, 0.15) is 5.82 Å². The molecule has 0 bridgehead atoms. The van der Waals surface area contributed by atoms with Gasteiger partial charge in [-0.1, -0.05) is 0 Å². The third-order valence-corrected chi connectivity index (χ3v) is 3.65. The van der Waals surface area contributed by atoms with E-state index in [-0.39, 0.29) is 6.04 Å². The molecule has 6 nitrogen and oxygen atoms in total. The molecule has 1 aliphatic carbocycles. The average Bonchev–Trinajstić information content (AvgIpc) is 2.97. The normalized spacial score (nSPS) is 17.7. The van der Waals surface area contributed by atoms with E-state index in [4.69, 9.17) is 0 Å². The molecule has 0 fully saturated rings. The van der Waals surface area contributed by atoms with Gasteiger partial charge in [-0.25, -0.2) is 15.0 Å². The third-order valence-electron chi connectivity index (χ3n) is 3.65. The molecule has 0 spiro atoms. The van der Waals surface area contributed by atoms with Crippen molar-refractivity contribution >= 4 is 5.91 Å². The fourth-order valence-corrected chi connectivity index (χ4v) is 2.59. The Bertz CT molecular complexity index is 742. The Kier molecular flexibility index (Phi) is 3.78. The number of fused-ring (bicyclic) bond motifs is 1. The maximum atomic E-state index is 12.7. The summed E-state index contributed by atoms with van der Waals surface area (Å²) >= 11 is 0. The van der Waals surface area contributed by atoms with Gasteiger partial charge in [-0.05, 0) is 31.7 Å². The highest BCUT2D eigenvalue weighted by molar-refractivity contribution is 5.93. The summed E-state index contributed by atoms with van der Waals surface area (Å²) in [6.45, 7) is 1.79. The Labute approximate surface area is 129 Å². The number of carbonyl (C=O) groups is 1. The number of rotatable bonds is 2. The molecule has 0 saturated heterocycles. The molecule has 1 atom stereocenters. The molecule has 122 valence electrons. The molecular formula is C14H13F3N4O2. The summed E-state index contributed by atoms with van der Waals surface area (Å²) in [5.41, 5.74) is 1.06. The van der Waals surface area contributed by atoms with Gasteiger partial charge in [0.2, 0.25) is 5.76 Å². The maximum absolute atomic E-state index is 12.7. The second-order valence-corrected chi connectivity index (χ2v) is 5.33. The van der Waals surface area contributed by atoms with Crippen LogP contribution in [0.25, 0.3) is 0 Å². The second kappa shape index (κ2) is 5.64. The third kappa shape index (κ3) is 3.17. The molecule has 23 heavy (non-hydrogen) atoms. The van der Waals surface area contributed by atoms with E-state index in [9.17, 15) is 18.0 Å². The van der Waals surface area contributed by atoms with E-state index in [1.54, 1.807) is 13.1 Å². The van der Waals surface area contributed by atoms with Gasteiger partial charge >= 0.3 is 6.18 Å². The number of halogens is 3. The van der Waals surface area contributed by atoms with E-state index in [2.05, 4.69) is 24.7 Å². The number of nitrogens with zero attached hydrogens (tertiary/aromatic N) is 3. The summed E-state index contributed by atoms with van der Waals surface area (Å²) in [6, 6.07) is -0.293. The SMILES string of the molecule is Cc1ncc2c(n1)CCC(NC(=O)c1ncoc1C(F)(F)F)C2. The van der Waals surface area contributed by atoms with Crippen LogP contribution in [0.1, 0.15) is 39.8 Å². The average molecular weight is 326 g/mol. The molecule has 1 aliphatic rings. The van der Waals surface area contributed by atoms with Gasteiger partial charge in [0.25, 0.3) is 5.91 Å². The number of hydrogen-bond acceptors (Lipinski definition) is 5. The van der Waals surface area contributed by atoms with Crippen molar-refractivity contribution in [2.45, 2.75) is 38.4 Å². The molecule has 1 amide bonds. The predicted molar refractivity (Wildman–Crippen MR) is 71.6 cm³/mol. The number of nitrogens with one attached hydrogen (secondary N) is 1. The summed E-state index contributed by atoms with van der Waals surface area (Å²) in [5, 5.41) is 2.57. The monoisotopic (exact) mass is 326 g/mol. The van der Waals surface area contributed by atoms with Gasteiger partial charge in [0.15, 0.2) is 12.1 Å².